The summed E-state index contributed by atoms with van der Waals surface area (Å²) in [6, 6.07) is 1.83. The van der Waals surface area contributed by atoms with Crippen LogP contribution in [0, 0.1) is 0 Å². The standard InChI is InChI=1S/C10H13BrO3S2/c1-10(2,16(3,13)14)9(12)5-8-4-7(11)6-15-8/h4,6H,5H2,1-3H3. The van der Waals surface area contributed by atoms with Crippen molar-refractivity contribution in [1.29, 1.82) is 0 Å². The molecule has 16 heavy (non-hydrogen) atoms. The highest BCUT2D eigenvalue weighted by atomic mass is 79.9. The van der Waals surface area contributed by atoms with Gasteiger partial charge in [0.2, 0.25) is 0 Å². The Morgan fingerprint density at radius 1 is 1.50 bits per heavy atom. The van der Waals surface area contributed by atoms with Crippen LogP contribution in [0.4, 0.5) is 0 Å². The van der Waals surface area contributed by atoms with E-state index in [0.29, 0.717) is 0 Å². The Kier molecular flexibility index (Phi) is 3.97. The molecule has 3 nitrogen and oxygen atoms in total. The Hall–Kier alpha value is -0.200. The lowest BCUT2D eigenvalue weighted by Gasteiger charge is -2.20. The molecule has 0 saturated heterocycles. The summed E-state index contributed by atoms with van der Waals surface area (Å²) < 4.78 is 22.5. The average Bonchev–Trinajstić information content (AvgIpc) is 2.49. The molecular weight excluding hydrogens is 312 g/mol. The zero-order valence-corrected chi connectivity index (χ0v) is 12.5. The smallest absolute Gasteiger partial charge is 0.159 e. The van der Waals surface area contributed by atoms with E-state index in [1.807, 2.05) is 11.4 Å². The number of hydrogen-bond acceptors (Lipinski definition) is 4. The van der Waals surface area contributed by atoms with E-state index in [1.165, 1.54) is 25.2 Å². The van der Waals surface area contributed by atoms with Gasteiger partial charge in [-0.15, -0.1) is 11.3 Å². The Morgan fingerprint density at radius 3 is 2.44 bits per heavy atom. The number of carbonyl (C=O) groups is 1. The molecule has 0 N–H and O–H groups in total. The lowest BCUT2D eigenvalue weighted by atomic mass is 10.0. The summed E-state index contributed by atoms with van der Waals surface area (Å²) in [5.74, 6) is -0.274. The van der Waals surface area contributed by atoms with Gasteiger partial charge in [0.25, 0.3) is 0 Å². The molecule has 90 valence electrons. The largest absolute Gasteiger partial charge is 0.298 e. The van der Waals surface area contributed by atoms with E-state index in [9.17, 15) is 13.2 Å². The van der Waals surface area contributed by atoms with Crippen LogP contribution in [0.1, 0.15) is 18.7 Å². The highest BCUT2D eigenvalue weighted by Gasteiger charge is 2.37. The number of Topliss-reactive ketones (excluding diaryl/α,β-unsaturated/α-hetero) is 1. The minimum Gasteiger partial charge on any atom is -0.298 e. The van der Waals surface area contributed by atoms with Crippen LogP contribution in [0.2, 0.25) is 0 Å². The summed E-state index contributed by atoms with van der Waals surface area (Å²) in [6.45, 7) is 2.90. The van der Waals surface area contributed by atoms with Gasteiger partial charge >= 0.3 is 0 Å². The molecule has 0 amide bonds. The maximum absolute atomic E-state index is 11.9. The van der Waals surface area contributed by atoms with E-state index >= 15 is 0 Å². The monoisotopic (exact) mass is 324 g/mol. The summed E-state index contributed by atoms with van der Waals surface area (Å²) in [4.78, 5) is 12.8. The quantitative estimate of drug-likeness (QED) is 0.854. The number of ketones is 1. The second-order valence-electron chi connectivity index (χ2n) is 4.11. The summed E-state index contributed by atoms with van der Waals surface area (Å²) >= 11 is 4.73. The lowest BCUT2D eigenvalue weighted by Crippen LogP contribution is -2.40. The fraction of sp³-hybridized carbons (Fsp3) is 0.500. The molecule has 0 atom stereocenters. The van der Waals surface area contributed by atoms with E-state index < -0.39 is 14.6 Å². The van der Waals surface area contributed by atoms with Crippen molar-refractivity contribution in [2.45, 2.75) is 25.0 Å². The molecule has 1 aromatic rings. The number of halogens is 1. The third-order valence-corrected chi connectivity index (χ3v) is 6.33. The van der Waals surface area contributed by atoms with E-state index in [1.54, 1.807) is 0 Å². The van der Waals surface area contributed by atoms with E-state index in [0.717, 1.165) is 15.6 Å². The molecule has 0 spiro atoms. The van der Waals surface area contributed by atoms with Crippen molar-refractivity contribution in [3.05, 3.63) is 20.8 Å². The molecule has 0 aliphatic carbocycles. The van der Waals surface area contributed by atoms with Crippen LogP contribution in [0.15, 0.2) is 15.9 Å². The third-order valence-electron chi connectivity index (χ3n) is 2.56. The van der Waals surface area contributed by atoms with E-state index in [2.05, 4.69) is 15.9 Å². The maximum atomic E-state index is 11.9. The van der Waals surface area contributed by atoms with Crippen LogP contribution in [0.3, 0.4) is 0 Å². The minimum atomic E-state index is -3.37. The summed E-state index contributed by atoms with van der Waals surface area (Å²) in [7, 11) is -3.37. The second kappa shape index (κ2) is 4.58. The molecule has 0 saturated carbocycles. The van der Waals surface area contributed by atoms with Crippen molar-refractivity contribution in [3.63, 3.8) is 0 Å². The zero-order valence-electron chi connectivity index (χ0n) is 9.28. The zero-order chi connectivity index (χ0) is 12.6. The van der Waals surface area contributed by atoms with Crippen molar-refractivity contribution in [3.8, 4) is 0 Å². The van der Waals surface area contributed by atoms with Crippen molar-refractivity contribution in [2.75, 3.05) is 6.26 Å². The molecule has 1 aromatic heterocycles. The van der Waals surface area contributed by atoms with Crippen LogP contribution in [-0.2, 0) is 21.1 Å². The highest BCUT2D eigenvalue weighted by molar-refractivity contribution is 9.10. The Bertz CT molecular complexity index is 500. The number of thiophene rings is 1. The molecular formula is C10H13BrO3S2. The number of hydrogen-bond donors (Lipinski definition) is 0. The molecule has 0 aliphatic rings. The first kappa shape index (κ1) is 13.9. The van der Waals surface area contributed by atoms with Gasteiger partial charge in [0.15, 0.2) is 15.6 Å². The molecule has 0 radical (unpaired) electrons. The predicted molar refractivity (Wildman–Crippen MR) is 69.7 cm³/mol. The van der Waals surface area contributed by atoms with Crippen LogP contribution in [0.25, 0.3) is 0 Å². The van der Waals surface area contributed by atoms with Gasteiger partial charge in [0.05, 0.1) is 0 Å². The molecule has 0 bridgehead atoms. The first-order chi connectivity index (χ1) is 7.14. The van der Waals surface area contributed by atoms with Gasteiger partial charge in [-0.2, -0.15) is 0 Å². The molecule has 1 heterocycles. The van der Waals surface area contributed by atoms with Gasteiger partial charge in [-0.1, -0.05) is 0 Å². The average molecular weight is 325 g/mol. The highest BCUT2D eigenvalue weighted by Crippen LogP contribution is 2.24. The Balaban J connectivity index is 2.89. The van der Waals surface area contributed by atoms with Gasteiger partial charge in [0, 0.05) is 27.4 Å². The number of rotatable bonds is 4. The second-order valence-corrected chi connectivity index (χ2v) is 8.59. The van der Waals surface area contributed by atoms with Gasteiger partial charge in [-0.05, 0) is 35.8 Å². The van der Waals surface area contributed by atoms with Crippen LogP contribution >= 0.6 is 27.3 Å². The Labute approximate surface area is 108 Å². The van der Waals surface area contributed by atoms with E-state index in [-0.39, 0.29) is 12.2 Å². The molecule has 1 rings (SSSR count). The number of carbonyl (C=O) groups excluding carboxylic acids is 1. The topological polar surface area (TPSA) is 51.2 Å². The molecule has 0 aliphatic heterocycles. The molecule has 6 heteroatoms. The van der Waals surface area contributed by atoms with Crippen molar-refractivity contribution in [2.24, 2.45) is 0 Å². The summed E-state index contributed by atoms with van der Waals surface area (Å²) in [5, 5.41) is 1.87. The SMILES string of the molecule is CC(C)(C(=O)Cc1cc(Br)cs1)S(C)(=O)=O. The minimum absolute atomic E-state index is 0.163. The predicted octanol–water partition coefficient (Wildman–Crippen LogP) is 2.45. The fourth-order valence-electron chi connectivity index (χ4n) is 1.02. The van der Waals surface area contributed by atoms with Gasteiger partial charge in [0.1, 0.15) is 4.75 Å². The Morgan fingerprint density at radius 2 is 2.06 bits per heavy atom. The first-order valence-electron chi connectivity index (χ1n) is 4.60. The van der Waals surface area contributed by atoms with E-state index in [4.69, 9.17) is 0 Å². The van der Waals surface area contributed by atoms with Crippen molar-refractivity contribution >= 4 is 42.9 Å². The summed E-state index contributed by atoms with van der Waals surface area (Å²) in [5.41, 5.74) is 0. The van der Waals surface area contributed by atoms with Crippen molar-refractivity contribution < 1.29 is 13.2 Å². The van der Waals surface area contributed by atoms with Crippen LogP contribution < -0.4 is 0 Å². The van der Waals surface area contributed by atoms with Crippen LogP contribution in [0.5, 0.6) is 0 Å². The maximum Gasteiger partial charge on any atom is 0.159 e. The fourth-order valence-corrected chi connectivity index (χ4v) is 2.96. The molecule has 0 aromatic carbocycles. The molecule has 0 unspecified atom stereocenters. The van der Waals surface area contributed by atoms with Gasteiger partial charge in [-0.25, -0.2) is 8.42 Å². The first-order valence-corrected chi connectivity index (χ1v) is 8.17. The summed E-state index contributed by atoms with van der Waals surface area (Å²) in [6.07, 6.45) is 1.26. The third kappa shape index (κ3) is 2.93. The number of sulfone groups is 1. The van der Waals surface area contributed by atoms with Gasteiger partial charge < -0.3 is 0 Å². The molecule has 0 fully saturated rings. The van der Waals surface area contributed by atoms with Crippen LogP contribution in [-0.4, -0.2) is 25.2 Å². The normalized spacial score (nSPS) is 12.8. The van der Waals surface area contributed by atoms with Crippen molar-refractivity contribution in [1.82, 2.24) is 0 Å². The van der Waals surface area contributed by atoms with Gasteiger partial charge in [-0.3, -0.25) is 4.79 Å². The lowest BCUT2D eigenvalue weighted by molar-refractivity contribution is -0.120.